The van der Waals surface area contributed by atoms with Crippen molar-refractivity contribution in [1.29, 1.82) is 0 Å². The summed E-state index contributed by atoms with van der Waals surface area (Å²) >= 11 is 0. The molecule has 3 rings (SSSR count). The fourth-order valence-electron chi connectivity index (χ4n) is 2.24. The highest BCUT2D eigenvalue weighted by Gasteiger charge is 2.10. The summed E-state index contributed by atoms with van der Waals surface area (Å²) in [4.78, 5) is 10.8. The van der Waals surface area contributed by atoms with Gasteiger partial charge in [-0.05, 0) is 34.5 Å². The normalized spacial score (nSPS) is 10.7. The molecule has 0 fully saturated rings. The van der Waals surface area contributed by atoms with E-state index in [0.29, 0.717) is 5.56 Å². The van der Waals surface area contributed by atoms with Crippen LogP contribution in [-0.4, -0.2) is 11.1 Å². The van der Waals surface area contributed by atoms with Gasteiger partial charge in [0.2, 0.25) is 0 Å². The first-order chi connectivity index (χ1) is 9.65. The van der Waals surface area contributed by atoms with Gasteiger partial charge in [0.05, 0.1) is 5.56 Å². The smallest absolute Gasteiger partial charge is 0.335 e. The van der Waals surface area contributed by atoms with Gasteiger partial charge in [-0.2, -0.15) is 0 Å². The van der Waals surface area contributed by atoms with Gasteiger partial charge in [-0.15, -0.1) is 0 Å². The second-order valence-corrected chi connectivity index (χ2v) is 4.56. The first-order valence-corrected chi connectivity index (χ1v) is 6.17. The molecule has 98 valence electrons. The number of halogens is 1. The number of benzene rings is 3. The van der Waals surface area contributed by atoms with E-state index in [1.54, 1.807) is 0 Å². The lowest BCUT2D eigenvalue weighted by Crippen LogP contribution is -1.97. The topological polar surface area (TPSA) is 37.3 Å². The van der Waals surface area contributed by atoms with E-state index in [-0.39, 0.29) is 5.56 Å². The zero-order chi connectivity index (χ0) is 14.1. The molecule has 0 spiro atoms. The van der Waals surface area contributed by atoms with Crippen LogP contribution in [0, 0.1) is 5.82 Å². The molecule has 0 unspecified atom stereocenters. The number of hydrogen-bond donors (Lipinski definition) is 1. The van der Waals surface area contributed by atoms with Crippen LogP contribution in [0.25, 0.3) is 21.9 Å². The summed E-state index contributed by atoms with van der Waals surface area (Å²) in [6, 6.07) is 17.4. The number of fused-ring (bicyclic) bond motifs is 1. The molecular formula is C17H11FO2. The van der Waals surface area contributed by atoms with Crippen LogP contribution < -0.4 is 0 Å². The van der Waals surface area contributed by atoms with Crippen LogP contribution in [0.1, 0.15) is 10.4 Å². The third kappa shape index (κ3) is 2.14. The highest BCUT2D eigenvalue weighted by molar-refractivity contribution is 5.90. The van der Waals surface area contributed by atoms with Crippen LogP contribution in [0.15, 0.2) is 60.7 Å². The fraction of sp³-hybridized carbons (Fsp3) is 0. The molecule has 20 heavy (non-hydrogen) atoms. The van der Waals surface area contributed by atoms with E-state index < -0.39 is 11.8 Å². The van der Waals surface area contributed by atoms with E-state index in [9.17, 15) is 9.18 Å². The minimum Gasteiger partial charge on any atom is -0.478 e. The Hall–Kier alpha value is -2.68. The lowest BCUT2D eigenvalue weighted by molar-refractivity contribution is 0.0696. The zero-order valence-corrected chi connectivity index (χ0v) is 10.5. The first kappa shape index (κ1) is 12.4. The van der Waals surface area contributed by atoms with E-state index in [0.717, 1.165) is 22.4 Å². The Morgan fingerprint density at radius 2 is 1.65 bits per heavy atom. The molecule has 3 heteroatoms. The van der Waals surface area contributed by atoms with E-state index in [1.165, 1.54) is 12.1 Å². The first-order valence-electron chi connectivity index (χ1n) is 6.17. The summed E-state index contributed by atoms with van der Waals surface area (Å²) in [5, 5.41) is 10.9. The number of rotatable bonds is 2. The molecule has 0 amide bonds. The Morgan fingerprint density at radius 1 is 0.900 bits per heavy atom. The van der Waals surface area contributed by atoms with Gasteiger partial charge in [-0.1, -0.05) is 42.5 Å². The summed E-state index contributed by atoms with van der Waals surface area (Å²) < 4.78 is 14.0. The van der Waals surface area contributed by atoms with Crippen LogP contribution in [0.3, 0.4) is 0 Å². The molecule has 0 atom stereocenters. The number of carbonyl (C=O) groups is 1. The Bertz CT molecular complexity index is 809. The molecule has 0 saturated heterocycles. The molecule has 2 nitrogen and oxygen atoms in total. The van der Waals surface area contributed by atoms with Gasteiger partial charge in [-0.3, -0.25) is 0 Å². The molecule has 0 bridgehead atoms. The van der Waals surface area contributed by atoms with Gasteiger partial charge in [0, 0.05) is 5.56 Å². The highest BCUT2D eigenvalue weighted by Crippen LogP contribution is 2.27. The van der Waals surface area contributed by atoms with Crippen LogP contribution in [0.4, 0.5) is 4.39 Å². The summed E-state index contributed by atoms with van der Waals surface area (Å²) in [6.45, 7) is 0. The van der Waals surface area contributed by atoms with E-state index in [4.69, 9.17) is 5.11 Å². The average Bonchev–Trinajstić information content (AvgIpc) is 2.46. The summed E-state index contributed by atoms with van der Waals surface area (Å²) in [5.74, 6) is -1.66. The molecule has 0 aliphatic carbocycles. The molecule has 0 aliphatic rings. The maximum absolute atomic E-state index is 14.0. The van der Waals surface area contributed by atoms with Gasteiger partial charge in [0.15, 0.2) is 0 Å². The Labute approximate surface area is 115 Å². The van der Waals surface area contributed by atoms with E-state index in [1.807, 2.05) is 42.5 Å². The molecule has 0 radical (unpaired) electrons. The predicted octanol–water partition coefficient (Wildman–Crippen LogP) is 4.34. The molecule has 0 heterocycles. The maximum Gasteiger partial charge on any atom is 0.335 e. The number of carboxylic acids is 1. The minimum absolute atomic E-state index is 0.0490. The molecule has 0 aromatic heterocycles. The highest BCUT2D eigenvalue weighted by atomic mass is 19.1. The third-order valence-corrected chi connectivity index (χ3v) is 3.28. The molecule has 0 aliphatic heterocycles. The SMILES string of the molecule is O=C(O)c1ccc(-c2ccc3ccccc3c2)c(F)c1. The van der Waals surface area contributed by atoms with Crippen molar-refractivity contribution in [3.63, 3.8) is 0 Å². The monoisotopic (exact) mass is 266 g/mol. The van der Waals surface area contributed by atoms with Crippen LogP contribution in [0.5, 0.6) is 0 Å². The van der Waals surface area contributed by atoms with Crippen molar-refractivity contribution in [2.24, 2.45) is 0 Å². The van der Waals surface area contributed by atoms with E-state index in [2.05, 4.69) is 0 Å². The zero-order valence-electron chi connectivity index (χ0n) is 10.5. The number of aromatic carboxylic acids is 1. The Balaban J connectivity index is 2.13. The summed E-state index contributed by atoms with van der Waals surface area (Å²) in [5.41, 5.74) is 1.09. The van der Waals surface area contributed by atoms with Crippen molar-refractivity contribution < 1.29 is 14.3 Å². The molecule has 3 aromatic rings. The van der Waals surface area contributed by atoms with Gasteiger partial charge in [0.1, 0.15) is 5.82 Å². The van der Waals surface area contributed by atoms with Gasteiger partial charge in [-0.25, -0.2) is 9.18 Å². The Kier molecular flexibility index (Phi) is 2.95. The van der Waals surface area contributed by atoms with Crippen LogP contribution in [0.2, 0.25) is 0 Å². The second kappa shape index (κ2) is 4.78. The standard InChI is InChI=1S/C17H11FO2/c18-16-10-14(17(19)20)7-8-15(16)13-6-5-11-3-1-2-4-12(11)9-13/h1-10H,(H,19,20). The van der Waals surface area contributed by atoms with Gasteiger partial charge >= 0.3 is 5.97 Å². The minimum atomic E-state index is -1.13. The van der Waals surface area contributed by atoms with Crippen molar-refractivity contribution in [3.8, 4) is 11.1 Å². The molecule has 3 aromatic carbocycles. The third-order valence-electron chi connectivity index (χ3n) is 3.28. The van der Waals surface area contributed by atoms with Gasteiger partial charge < -0.3 is 5.11 Å². The fourth-order valence-corrected chi connectivity index (χ4v) is 2.24. The second-order valence-electron chi connectivity index (χ2n) is 4.56. The van der Waals surface area contributed by atoms with Crippen LogP contribution in [-0.2, 0) is 0 Å². The average molecular weight is 266 g/mol. The number of carboxylic acid groups (broad SMARTS) is 1. The quantitative estimate of drug-likeness (QED) is 0.749. The van der Waals surface area contributed by atoms with Crippen molar-refractivity contribution in [3.05, 3.63) is 72.0 Å². The maximum atomic E-state index is 14.0. The summed E-state index contributed by atoms with van der Waals surface area (Å²) in [7, 11) is 0. The molecule has 0 saturated carbocycles. The molecule has 1 N–H and O–H groups in total. The van der Waals surface area contributed by atoms with Crippen molar-refractivity contribution in [2.75, 3.05) is 0 Å². The largest absolute Gasteiger partial charge is 0.478 e. The lowest BCUT2D eigenvalue weighted by atomic mass is 10.00. The van der Waals surface area contributed by atoms with Gasteiger partial charge in [0.25, 0.3) is 0 Å². The van der Waals surface area contributed by atoms with Crippen molar-refractivity contribution >= 4 is 16.7 Å². The van der Waals surface area contributed by atoms with Crippen LogP contribution >= 0.6 is 0 Å². The van der Waals surface area contributed by atoms with Crippen molar-refractivity contribution in [1.82, 2.24) is 0 Å². The van der Waals surface area contributed by atoms with Crippen molar-refractivity contribution in [2.45, 2.75) is 0 Å². The lowest BCUT2D eigenvalue weighted by Gasteiger charge is -2.06. The van der Waals surface area contributed by atoms with E-state index >= 15 is 0 Å². The molecular weight excluding hydrogens is 255 g/mol. The Morgan fingerprint density at radius 3 is 2.35 bits per heavy atom. The predicted molar refractivity (Wildman–Crippen MR) is 76.3 cm³/mol. The summed E-state index contributed by atoms with van der Waals surface area (Å²) in [6.07, 6.45) is 0. The number of hydrogen-bond acceptors (Lipinski definition) is 1.